The van der Waals surface area contributed by atoms with E-state index in [-0.39, 0.29) is 11.9 Å². The van der Waals surface area contributed by atoms with Crippen molar-refractivity contribution in [2.24, 2.45) is 0 Å². The van der Waals surface area contributed by atoms with E-state index in [1.54, 1.807) is 18.9 Å². The highest BCUT2D eigenvalue weighted by Gasteiger charge is 2.24. The summed E-state index contributed by atoms with van der Waals surface area (Å²) in [5.41, 5.74) is 0.703. The van der Waals surface area contributed by atoms with Crippen molar-refractivity contribution in [2.75, 3.05) is 46.5 Å². The molecule has 0 radical (unpaired) electrons. The molecule has 1 aromatic carbocycles. The van der Waals surface area contributed by atoms with Gasteiger partial charge in [-0.2, -0.15) is 0 Å². The van der Waals surface area contributed by atoms with Crippen LogP contribution in [0.2, 0.25) is 0 Å². The Balaban J connectivity index is 1.74. The predicted octanol–water partition coefficient (Wildman–Crippen LogP) is 3.08. The molecule has 1 fully saturated rings. The highest BCUT2D eigenvalue weighted by atomic mass is 16.5. The number of methoxy groups -OCH3 is 1. The van der Waals surface area contributed by atoms with Gasteiger partial charge in [0.15, 0.2) is 11.3 Å². The Morgan fingerprint density at radius 3 is 2.86 bits per heavy atom. The summed E-state index contributed by atoms with van der Waals surface area (Å²) in [5.74, 6) is 6.64. The van der Waals surface area contributed by atoms with E-state index in [2.05, 4.69) is 16.7 Å². The lowest BCUT2D eigenvalue weighted by Gasteiger charge is -2.29. The molecule has 150 valence electrons. The molecule has 3 rings (SSSR count). The predicted molar refractivity (Wildman–Crippen MR) is 108 cm³/mol. The molecule has 2 heterocycles. The molecule has 1 aliphatic heterocycles. The number of amides is 1. The minimum absolute atomic E-state index is 0.176. The van der Waals surface area contributed by atoms with E-state index >= 15 is 0 Å². The molecule has 0 aliphatic carbocycles. The van der Waals surface area contributed by atoms with Gasteiger partial charge in [-0.3, -0.25) is 9.69 Å². The van der Waals surface area contributed by atoms with Crippen molar-refractivity contribution >= 4 is 16.9 Å². The Morgan fingerprint density at radius 2 is 2.14 bits per heavy atom. The summed E-state index contributed by atoms with van der Waals surface area (Å²) in [4.78, 5) is 16.8. The monoisotopic (exact) mass is 384 g/mol. The van der Waals surface area contributed by atoms with Gasteiger partial charge in [0.25, 0.3) is 5.91 Å². The van der Waals surface area contributed by atoms with Crippen LogP contribution in [0.3, 0.4) is 0 Å². The van der Waals surface area contributed by atoms with Crippen LogP contribution in [-0.4, -0.2) is 62.2 Å². The maximum absolute atomic E-state index is 12.6. The summed E-state index contributed by atoms with van der Waals surface area (Å²) in [6.07, 6.45) is 0.880. The minimum atomic E-state index is -0.213. The first-order valence-corrected chi connectivity index (χ1v) is 9.74. The summed E-state index contributed by atoms with van der Waals surface area (Å²) in [6, 6.07) is 7.54. The summed E-state index contributed by atoms with van der Waals surface area (Å²) in [6.45, 7) is 8.67. The number of furan rings is 1. The van der Waals surface area contributed by atoms with Crippen LogP contribution in [0.15, 0.2) is 28.7 Å². The van der Waals surface area contributed by atoms with Crippen molar-refractivity contribution in [2.45, 2.75) is 26.3 Å². The zero-order valence-electron chi connectivity index (χ0n) is 16.9. The van der Waals surface area contributed by atoms with E-state index in [1.807, 2.05) is 31.2 Å². The van der Waals surface area contributed by atoms with Gasteiger partial charge in [0.1, 0.15) is 5.76 Å². The lowest BCUT2D eigenvalue weighted by molar-refractivity contribution is -0.127. The molecule has 1 saturated heterocycles. The largest absolute Gasteiger partial charge is 0.493 e. The van der Waals surface area contributed by atoms with Crippen LogP contribution in [0, 0.1) is 11.8 Å². The van der Waals surface area contributed by atoms with Crippen LogP contribution in [-0.2, 0) is 9.53 Å². The van der Waals surface area contributed by atoms with Gasteiger partial charge in [-0.1, -0.05) is 18.1 Å². The number of carbonyl (C=O) groups excluding carboxylic acids is 1. The fourth-order valence-electron chi connectivity index (χ4n) is 3.52. The van der Waals surface area contributed by atoms with Gasteiger partial charge < -0.3 is 18.8 Å². The van der Waals surface area contributed by atoms with Gasteiger partial charge in [0.05, 0.1) is 26.4 Å². The molecule has 1 atom stereocenters. The summed E-state index contributed by atoms with van der Waals surface area (Å²) in [5, 5.41) is 0.962. The van der Waals surface area contributed by atoms with Crippen molar-refractivity contribution in [1.82, 2.24) is 9.80 Å². The quantitative estimate of drug-likeness (QED) is 0.687. The number of para-hydroxylation sites is 1. The molecule has 0 bridgehead atoms. The standard InChI is InChI=1S/C22H28N2O4/c1-4-7-21(25)24(11-6-10-23-12-14-27-15-13-23)17(2)20-16-18-8-5-9-19(26-3)22(18)28-20/h5,8-9,16-17H,6,10-15H2,1-3H3. The van der Waals surface area contributed by atoms with E-state index in [0.717, 1.165) is 50.4 Å². The molecule has 1 amide bonds. The van der Waals surface area contributed by atoms with E-state index in [4.69, 9.17) is 13.9 Å². The molecule has 1 aliphatic rings. The number of carbonyl (C=O) groups is 1. The van der Waals surface area contributed by atoms with Gasteiger partial charge in [-0.05, 0) is 38.3 Å². The molecular formula is C22H28N2O4. The molecule has 1 unspecified atom stereocenters. The van der Waals surface area contributed by atoms with Gasteiger partial charge in [0, 0.05) is 31.6 Å². The number of benzene rings is 1. The maximum atomic E-state index is 12.6. The Hall–Kier alpha value is -2.49. The first-order valence-electron chi connectivity index (χ1n) is 9.74. The second kappa shape index (κ2) is 9.63. The molecule has 0 N–H and O–H groups in total. The third kappa shape index (κ3) is 4.67. The van der Waals surface area contributed by atoms with Gasteiger partial charge in [-0.25, -0.2) is 0 Å². The molecule has 28 heavy (non-hydrogen) atoms. The lowest BCUT2D eigenvalue weighted by atomic mass is 10.1. The van der Waals surface area contributed by atoms with Crippen LogP contribution in [0.5, 0.6) is 5.75 Å². The lowest BCUT2D eigenvalue weighted by Crippen LogP contribution is -2.39. The van der Waals surface area contributed by atoms with Crippen LogP contribution >= 0.6 is 0 Å². The SMILES string of the molecule is CC#CC(=O)N(CCCN1CCOCC1)C(C)c1cc2cccc(OC)c2o1. The number of nitrogens with zero attached hydrogens (tertiary/aromatic N) is 2. The second-order valence-corrected chi connectivity index (χ2v) is 6.88. The number of fused-ring (bicyclic) bond motifs is 1. The Morgan fingerprint density at radius 1 is 1.36 bits per heavy atom. The smallest absolute Gasteiger partial charge is 0.299 e. The van der Waals surface area contributed by atoms with Gasteiger partial charge in [-0.15, -0.1) is 0 Å². The molecular weight excluding hydrogens is 356 g/mol. The Labute approximate surface area is 166 Å². The molecule has 0 spiro atoms. The highest BCUT2D eigenvalue weighted by molar-refractivity contribution is 5.93. The van der Waals surface area contributed by atoms with Crippen LogP contribution in [0.1, 0.15) is 32.1 Å². The van der Waals surface area contributed by atoms with E-state index in [0.29, 0.717) is 17.9 Å². The van der Waals surface area contributed by atoms with Crippen LogP contribution in [0.25, 0.3) is 11.0 Å². The van der Waals surface area contributed by atoms with E-state index in [9.17, 15) is 4.79 Å². The summed E-state index contributed by atoms with van der Waals surface area (Å²) in [7, 11) is 1.62. The number of hydrogen-bond acceptors (Lipinski definition) is 5. The average Bonchev–Trinajstić information content (AvgIpc) is 3.16. The Kier molecular flexibility index (Phi) is 6.96. The molecule has 0 saturated carbocycles. The third-order valence-electron chi connectivity index (χ3n) is 5.10. The van der Waals surface area contributed by atoms with E-state index in [1.165, 1.54) is 0 Å². The number of ether oxygens (including phenoxy) is 2. The van der Waals surface area contributed by atoms with Crippen molar-refractivity contribution in [1.29, 1.82) is 0 Å². The number of rotatable bonds is 7. The van der Waals surface area contributed by atoms with Crippen LogP contribution < -0.4 is 4.74 Å². The maximum Gasteiger partial charge on any atom is 0.299 e. The minimum Gasteiger partial charge on any atom is -0.493 e. The highest BCUT2D eigenvalue weighted by Crippen LogP contribution is 2.32. The van der Waals surface area contributed by atoms with E-state index < -0.39 is 0 Å². The number of morpholine rings is 1. The van der Waals surface area contributed by atoms with Crippen molar-refractivity contribution in [3.8, 4) is 17.6 Å². The zero-order chi connectivity index (χ0) is 19.9. The van der Waals surface area contributed by atoms with Gasteiger partial charge >= 0.3 is 0 Å². The van der Waals surface area contributed by atoms with Gasteiger partial charge in [0.2, 0.25) is 0 Å². The molecule has 6 heteroatoms. The van der Waals surface area contributed by atoms with Crippen LogP contribution in [0.4, 0.5) is 0 Å². The summed E-state index contributed by atoms with van der Waals surface area (Å²) < 4.78 is 16.8. The summed E-state index contributed by atoms with van der Waals surface area (Å²) >= 11 is 0. The number of hydrogen-bond donors (Lipinski definition) is 0. The average molecular weight is 384 g/mol. The van der Waals surface area contributed by atoms with Crippen molar-refractivity contribution < 1.29 is 18.7 Å². The normalized spacial score (nSPS) is 15.7. The fourth-order valence-corrected chi connectivity index (χ4v) is 3.52. The fraction of sp³-hybridized carbons (Fsp3) is 0.500. The molecule has 6 nitrogen and oxygen atoms in total. The first-order chi connectivity index (χ1) is 13.6. The van der Waals surface area contributed by atoms with Crippen molar-refractivity contribution in [3.05, 3.63) is 30.0 Å². The molecule has 1 aromatic heterocycles. The topological polar surface area (TPSA) is 55.2 Å². The first kappa shape index (κ1) is 20.2. The molecule has 2 aromatic rings. The zero-order valence-corrected chi connectivity index (χ0v) is 16.9. The van der Waals surface area contributed by atoms with Crippen molar-refractivity contribution in [3.63, 3.8) is 0 Å². The Bertz CT molecular complexity index is 858. The second-order valence-electron chi connectivity index (χ2n) is 6.88. The third-order valence-corrected chi connectivity index (χ3v) is 5.10.